The maximum atomic E-state index is 13.0. The lowest BCUT2D eigenvalue weighted by Gasteiger charge is -2.35. The zero-order valence-corrected chi connectivity index (χ0v) is 16.8. The zero-order valence-electron chi connectivity index (χ0n) is 16.8. The normalized spacial score (nSPS) is 14.2. The standard InChI is InChI=1S/C20H24N8O/c1-14-19(15(2)26(3)25-14)20(29)28-10-8-27(9-11-28)18-12-17(22-13-23-18)24-16-6-4-5-7-21-16/h4-7,12-13H,8-11H2,1-3H3,(H,21,22,23,24). The van der Waals surface area contributed by atoms with E-state index in [1.54, 1.807) is 17.2 Å². The van der Waals surface area contributed by atoms with Gasteiger partial charge in [-0.3, -0.25) is 9.48 Å². The molecule has 150 valence electrons. The molecule has 1 N–H and O–H groups in total. The van der Waals surface area contributed by atoms with E-state index in [1.807, 2.05) is 50.1 Å². The van der Waals surface area contributed by atoms with Gasteiger partial charge in [-0.2, -0.15) is 5.10 Å². The van der Waals surface area contributed by atoms with Crippen molar-refractivity contribution in [3.8, 4) is 0 Å². The Morgan fingerprint density at radius 3 is 2.48 bits per heavy atom. The average molecular weight is 392 g/mol. The third kappa shape index (κ3) is 3.89. The molecule has 1 saturated heterocycles. The highest BCUT2D eigenvalue weighted by molar-refractivity contribution is 5.96. The number of pyridine rings is 1. The van der Waals surface area contributed by atoms with Gasteiger partial charge in [0.25, 0.3) is 5.91 Å². The van der Waals surface area contributed by atoms with Gasteiger partial charge in [-0.15, -0.1) is 0 Å². The van der Waals surface area contributed by atoms with Gasteiger partial charge in [-0.25, -0.2) is 15.0 Å². The molecule has 4 rings (SSSR count). The summed E-state index contributed by atoms with van der Waals surface area (Å²) in [5, 5.41) is 7.55. The lowest BCUT2D eigenvalue weighted by Crippen LogP contribution is -2.49. The molecule has 0 atom stereocenters. The molecule has 3 aromatic rings. The number of hydrogen-bond acceptors (Lipinski definition) is 7. The maximum absolute atomic E-state index is 13.0. The van der Waals surface area contributed by atoms with Crippen LogP contribution in [-0.2, 0) is 7.05 Å². The number of piperazine rings is 1. The van der Waals surface area contributed by atoms with Gasteiger partial charge in [0.15, 0.2) is 0 Å². The van der Waals surface area contributed by atoms with E-state index in [1.165, 1.54) is 0 Å². The maximum Gasteiger partial charge on any atom is 0.257 e. The molecule has 9 heteroatoms. The van der Waals surface area contributed by atoms with Crippen molar-refractivity contribution in [2.24, 2.45) is 7.05 Å². The second-order valence-electron chi connectivity index (χ2n) is 7.05. The first-order chi connectivity index (χ1) is 14.0. The molecule has 0 bridgehead atoms. The van der Waals surface area contributed by atoms with Crippen LogP contribution in [0, 0.1) is 13.8 Å². The van der Waals surface area contributed by atoms with E-state index in [4.69, 9.17) is 0 Å². The SMILES string of the molecule is Cc1nn(C)c(C)c1C(=O)N1CCN(c2cc(Nc3ccccn3)ncn2)CC1. The van der Waals surface area contributed by atoms with Crippen LogP contribution in [0.25, 0.3) is 0 Å². The Kier molecular flexibility index (Phi) is 5.11. The average Bonchev–Trinajstić information content (AvgIpc) is 3.00. The smallest absolute Gasteiger partial charge is 0.257 e. The Morgan fingerprint density at radius 1 is 1.03 bits per heavy atom. The highest BCUT2D eigenvalue weighted by atomic mass is 16.2. The minimum atomic E-state index is 0.0490. The van der Waals surface area contributed by atoms with Crippen molar-refractivity contribution >= 4 is 23.4 Å². The largest absolute Gasteiger partial charge is 0.353 e. The van der Waals surface area contributed by atoms with Crippen molar-refractivity contribution in [3.63, 3.8) is 0 Å². The first-order valence-corrected chi connectivity index (χ1v) is 9.57. The Labute approximate surface area is 169 Å². The van der Waals surface area contributed by atoms with Crippen LogP contribution in [0.3, 0.4) is 0 Å². The van der Waals surface area contributed by atoms with Crippen LogP contribution in [0.2, 0.25) is 0 Å². The van der Waals surface area contributed by atoms with Crippen molar-refractivity contribution in [2.75, 3.05) is 36.4 Å². The molecule has 0 spiro atoms. The molecular weight excluding hydrogens is 368 g/mol. The summed E-state index contributed by atoms with van der Waals surface area (Å²) in [6.45, 7) is 6.52. The third-order valence-electron chi connectivity index (χ3n) is 5.19. The fourth-order valence-electron chi connectivity index (χ4n) is 3.54. The van der Waals surface area contributed by atoms with Crippen LogP contribution >= 0.6 is 0 Å². The van der Waals surface area contributed by atoms with Crippen LogP contribution in [0.15, 0.2) is 36.8 Å². The van der Waals surface area contributed by atoms with Crippen LogP contribution in [-0.4, -0.2) is 61.7 Å². The summed E-state index contributed by atoms with van der Waals surface area (Å²) < 4.78 is 1.76. The highest BCUT2D eigenvalue weighted by Gasteiger charge is 2.27. The molecule has 0 aliphatic carbocycles. The molecule has 3 aromatic heterocycles. The van der Waals surface area contributed by atoms with Gasteiger partial charge in [-0.05, 0) is 26.0 Å². The Hall–Kier alpha value is -3.49. The Morgan fingerprint density at radius 2 is 1.83 bits per heavy atom. The second kappa shape index (κ2) is 7.86. The van der Waals surface area contributed by atoms with Gasteiger partial charge in [0.1, 0.15) is 23.8 Å². The minimum absolute atomic E-state index is 0.0490. The van der Waals surface area contributed by atoms with Crippen molar-refractivity contribution in [2.45, 2.75) is 13.8 Å². The molecule has 4 heterocycles. The lowest BCUT2D eigenvalue weighted by atomic mass is 10.1. The second-order valence-corrected chi connectivity index (χ2v) is 7.05. The summed E-state index contributed by atoms with van der Waals surface area (Å²) in [6.07, 6.45) is 3.27. The van der Waals surface area contributed by atoms with Gasteiger partial charge < -0.3 is 15.1 Å². The summed E-state index contributed by atoms with van der Waals surface area (Å²) in [4.78, 5) is 29.9. The lowest BCUT2D eigenvalue weighted by molar-refractivity contribution is 0.0745. The number of hydrogen-bond donors (Lipinski definition) is 1. The summed E-state index contributed by atoms with van der Waals surface area (Å²) in [6, 6.07) is 7.57. The molecule has 0 unspecified atom stereocenters. The topological polar surface area (TPSA) is 92.1 Å². The van der Waals surface area contributed by atoms with Gasteiger partial charge in [0.05, 0.1) is 11.3 Å². The third-order valence-corrected chi connectivity index (χ3v) is 5.19. The predicted octanol–water partition coefficient (Wildman–Crippen LogP) is 1.93. The summed E-state index contributed by atoms with van der Waals surface area (Å²) in [5.74, 6) is 2.30. The molecule has 1 fully saturated rings. The molecule has 0 aromatic carbocycles. The number of rotatable bonds is 4. The quantitative estimate of drug-likeness (QED) is 0.725. The first kappa shape index (κ1) is 18.9. The number of aryl methyl sites for hydroxylation is 2. The first-order valence-electron chi connectivity index (χ1n) is 9.57. The van der Waals surface area contributed by atoms with E-state index >= 15 is 0 Å². The number of aromatic nitrogens is 5. The van der Waals surface area contributed by atoms with E-state index in [-0.39, 0.29) is 5.91 Å². The van der Waals surface area contributed by atoms with Crippen molar-refractivity contribution in [3.05, 3.63) is 53.7 Å². The number of nitrogens with one attached hydrogen (secondary N) is 1. The molecule has 0 saturated carbocycles. The number of anilines is 3. The van der Waals surface area contributed by atoms with Crippen LogP contribution in [0.5, 0.6) is 0 Å². The van der Waals surface area contributed by atoms with Gasteiger partial charge >= 0.3 is 0 Å². The Bertz CT molecular complexity index is 1010. The number of nitrogens with zero attached hydrogens (tertiary/aromatic N) is 7. The molecule has 9 nitrogen and oxygen atoms in total. The van der Waals surface area contributed by atoms with Gasteiger partial charge in [-0.1, -0.05) is 6.07 Å². The van der Waals surface area contributed by atoms with Crippen molar-refractivity contribution in [1.29, 1.82) is 0 Å². The van der Waals surface area contributed by atoms with Gasteiger partial charge in [0, 0.05) is 51.2 Å². The summed E-state index contributed by atoms with van der Waals surface area (Å²) >= 11 is 0. The molecular formula is C20H24N8O. The number of carbonyl (C=O) groups excluding carboxylic acids is 1. The monoisotopic (exact) mass is 392 g/mol. The van der Waals surface area contributed by atoms with Crippen molar-refractivity contribution in [1.82, 2.24) is 29.6 Å². The zero-order chi connectivity index (χ0) is 20.4. The molecule has 29 heavy (non-hydrogen) atoms. The minimum Gasteiger partial charge on any atom is -0.353 e. The number of amides is 1. The van der Waals surface area contributed by atoms with E-state index in [2.05, 4.69) is 30.3 Å². The molecule has 1 aliphatic rings. The fourth-order valence-corrected chi connectivity index (χ4v) is 3.54. The summed E-state index contributed by atoms with van der Waals surface area (Å²) in [7, 11) is 1.86. The van der Waals surface area contributed by atoms with Gasteiger partial charge in [0.2, 0.25) is 0 Å². The van der Waals surface area contributed by atoms with Crippen molar-refractivity contribution < 1.29 is 4.79 Å². The number of carbonyl (C=O) groups is 1. The van der Waals surface area contributed by atoms with Crippen LogP contribution in [0.4, 0.5) is 17.5 Å². The van der Waals surface area contributed by atoms with E-state index < -0.39 is 0 Å². The summed E-state index contributed by atoms with van der Waals surface area (Å²) in [5.41, 5.74) is 2.39. The van der Waals surface area contributed by atoms with E-state index in [9.17, 15) is 4.79 Å². The van der Waals surface area contributed by atoms with Crippen LogP contribution < -0.4 is 10.2 Å². The van der Waals surface area contributed by atoms with E-state index in [0.29, 0.717) is 37.6 Å². The van der Waals surface area contributed by atoms with Crippen LogP contribution in [0.1, 0.15) is 21.7 Å². The highest BCUT2D eigenvalue weighted by Crippen LogP contribution is 2.20. The predicted molar refractivity (Wildman–Crippen MR) is 110 cm³/mol. The fraction of sp³-hybridized carbons (Fsp3) is 0.350. The molecule has 1 aliphatic heterocycles. The Balaban J connectivity index is 1.42. The molecule has 1 amide bonds. The molecule has 0 radical (unpaired) electrons. The van der Waals surface area contributed by atoms with E-state index in [0.717, 1.165) is 23.0 Å².